The fourth-order valence-corrected chi connectivity index (χ4v) is 4.96. The Balaban J connectivity index is 2.35. The molecule has 0 aliphatic heterocycles. The fraction of sp³-hybridized carbons (Fsp3) is 0.182. The predicted octanol–water partition coefficient (Wildman–Crippen LogP) is 4.18. The highest BCUT2D eigenvalue weighted by molar-refractivity contribution is 7.53. The maximum atomic E-state index is 13.1. The monoisotopic (exact) mass is 414 g/mol. The minimum Gasteiger partial charge on any atom is -0.497 e. The summed E-state index contributed by atoms with van der Waals surface area (Å²) in [5, 5.41) is -1.71. The zero-order valence-electron chi connectivity index (χ0n) is 16.4. The van der Waals surface area contributed by atoms with E-state index in [0.29, 0.717) is 33.9 Å². The number of benzene rings is 3. The van der Waals surface area contributed by atoms with Crippen molar-refractivity contribution in [2.75, 3.05) is 21.3 Å². The molecule has 29 heavy (non-hydrogen) atoms. The van der Waals surface area contributed by atoms with Gasteiger partial charge in [-0.3, -0.25) is 4.57 Å². The predicted molar refractivity (Wildman–Crippen MR) is 111 cm³/mol. The summed E-state index contributed by atoms with van der Waals surface area (Å²) in [4.78, 5) is 21.4. The van der Waals surface area contributed by atoms with Crippen LogP contribution >= 0.6 is 7.60 Å². The van der Waals surface area contributed by atoms with Gasteiger partial charge in [-0.05, 0) is 53.1 Å². The highest BCUT2D eigenvalue weighted by Gasteiger charge is 2.51. The molecule has 152 valence electrons. The summed E-state index contributed by atoms with van der Waals surface area (Å²) in [6.45, 7) is 0. The van der Waals surface area contributed by atoms with Gasteiger partial charge in [0.1, 0.15) is 22.4 Å². The summed E-state index contributed by atoms with van der Waals surface area (Å²) in [6, 6.07) is 20.2. The van der Waals surface area contributed by atoms with Crippen molar-refractivity contribution in [1.29, 1.82) is 0 Å². The van der Waals surface area contributed by atoms with Gasteiger partial charge in [-0.15, -0.1) is 0 Å². The molecule has 2 N–H and O–H groups in total. The van der Waals surface area contributed by atoms with Gasteiger partial charge in [0, 0.05) is 0 Å². The largest absolute Gasteiger partial charge is 0.497 e. The minimum absolute atomic E-state index is 0.446. The minimum atomic E-state index is -4.77. The van der Waals surface area contributed by atoms with Crippen molar-refractivity contribution in [2.24, 2.45) is 0 Å². The lowest BCUT2D eigenvalue weighted by Gasteiger charge is -2.36. The second-order valence-electron chi connectivity index (χ2n) is 6.44. The molecular weight excluding hydrogens is 391 g/mol. The van der Waals surface area contributed by atoms with Crippen LogP contribution in [-0.2, 0) is 9.72 Å². The number of rotatable bonds is 7. The molecule has 0 fully saturated rings. The van der Waals surface area contributed by atoms with Crippen molar-refractivity contribution in [2.45, 2.75) is 5.16 Å². The summed E-state index contributed by atoms with van der Waals surface area (Å²) < 4.78 is 28.8. The molecule has 0 unspecified atom stereocenters. The van der Waals surface area contributed by atoms with E-state index < -0.39 is 12.8 Å². The second kappa shape index (κ2) is 8.29. The van der Waals surface area contributed by atoms with Gasteiger partial charge >= 0.3 is 7.60 Å². The molecular formula is C22H23O6P. The lowest BCUT2D eigenvalue weighted by atomic mass is 9.84. The van der Waals surface area contributed by atoms with Gasteiger partial charge in [0.2, 0.25) is 0 Å². The van der Waals surface area contributed by atoms with E-state index in [1.165, 1.54) is 21.3 Å². The van der Waals surface area contributed by atoms with Crippen LogP contribution in [0.4, 0.5) is 0 Å². The van der Waals surface area contributed by atoms with Gasteiger partial charge in [-0.1, -0.05) is 36.4 Å². The van der Waals surface area contributed by atoms with Gasteiger partial charge in [0.05, 0.1) is 21.3 Å². The summed E-state index contributed by atoms with van der Waals surface area (Å²) in [5.41, 5.74) is 1.34. The Kier molecular flexibility index (Phi) is 5.99. The van der Waals surface area contributed by atoms with Crippen LogP contribution in [0.3, 0.4) is 0 Å². The van der Waals surface area contributed by atoms with E-state index >= 15 is 0 Å². The van der Waals surface area contributed by atoms with Crippen molar-refractivity contribution < 1.29 is 28.6 Å². The van der Waals surface area contributed by atoms with Crippen LogP contribution < -0.4 is 14.2 Å². The summed E-state index contributed by atoms with van der Waals surface area (Å²) in [6.07, 6.45) is 0. The number of hydrogen-bond donors (Lipinski definition) is 2. The van der Waals surface area contributed by atoms with Crippen LogP contribution in [0.25, 0.3) is 0 Å². The molecule has 0 atom stereocenters. The van der Waals surface area contributed by atoms with Crippen molar-refractivity contribution in [3.63, 3.8) is 0 Å². The molecule has 7 heteroatoms. The van der Waals surface area contributed by atoms with Crippen LogP contribution in [0.5, 0.6) is 17.2 Å². The van der Waals surface area contributed by atoms with Crippen LogP contribution in [0.2, 0.25) is 0 Å². The molecule has 0 aliphatic rings. The molecule has 0 saturated carbocycles. The number of ether oxygens (including phenoxy) is 3. The fourth-order valence-electron chi connectivity index (χ4n) is 3.50. The molecule has 3 aromatic rings. The lowest BCUT2D eigenvalue weighted by molar-refractivity contribution is 0.349. The van der Waals surface area contributed by atoms with E-state index in [0.717, 1.165) is 0 Å². The first kappa shape index (κ1) is 20.9. The third-order valence-electron chi connectivity index (χ3n) is 4.96. The second-order valence-corrected chi connectivity index (χ2v) is 8.20. The van der Waals surface area contributed by atoms with Gasteiger partial charge in [0.15, 0.2) is 0 Å². The molecule has 6 nitrogen and oxygen atoms in total. The smallest absolute Gasteiger partial charge is 0.344 e. The van der Waals surface area contributed by atoms with Gasteiger partial charge in [0.25, 0.3) is 0 Å². The first-order chi connectivity index (χ1) is 13.9. The maximum Gasteiger partial charge on any atom is 0.344 e. The molecule has 3 rings (SSSR count). The molecule has 0 bridgehead atoms. The van der Waals surface area contributed by atoms with Crippen LogP contribution in [0, 0.1) is 0 Å². The molecule has 0 aromatic heterocycles. The summed E-state index contributed by atoms with van der Waals surface area (Å²) in [7, 11) is -0.146. The number of hydrogen-bond acceptors (Lipinski definition) is 4. The van der Waals surface area contributed by atoms with Gasteiger partial charge in [-0.2, -0.15) is 0 Å². The molecule has 0 heterocycles. The number of methoxy groups -OCH3 is 3. The molecule has 0 radical (unpaired) electrons. The highest BCUT2D eigenvalue weighted by atomic mass is 31.2. The molecule has 0 saturated heterocycles. The normalized spacial score (nSPS) is 11.8. The topological polar surface area (TPSA) is 85.2 Å². The van der Waals surface area contributed by atoms with E-state index in [-0.39, 0.29) is 0 Å². The first-order valence-electron chi connectivity index (χ1n) is 8.86. The third-order valence-corrected chi connectivity index (χ3v) is 6.61. The molecule has 0 spiro atoms. The van der Waals surface area contributed by atoms with Crippen LogP contribution in [0.15, 0.2) is 72.8 Å². The Bertz CT molecular complexity index is 875. The Labute approximate surface area is 169 Å². The van der Waals surface area contributed by atoms with E-state index in [1.54, 1.807) is 72.8 Å². The SMILES string of the molecule is COc1ccc(C(c2ccc(OC)cc2)(c2ccc(OC)cc2)P(=O)(O)O)cc1. The van der Waals surface area contributed by atoms with Crippen molar-refractivity contribution >= 4 is 7.60 Å². The van der Waals surface area contributed by atoms with Crippen LogP contribution in [-0.4, -0.2) is 31.1 Å². The highest BCUT2D eigenvalue weighted by Crippen LogP contribution is 2.64. The Morgan fingerprint density at radius 3 is 1.00 bits per heavy atom. The van der Waals surface area contributed by atoms with E-state index in [1.807, 2.05) is 0 Å². The standard InChI is InChI=1S/C22H23O6P/c1-26-19-10-4-16(5-11-19)22(29(23,24)25,17-6-12-20(27-2)13-7-17)18-8-14-21(28-3)15-9-18/h4-15H,1-3H3,(H2,23,24,25). The average molecular weight is 414 g/mol. The van der Waals surface area contributed by atoms with Crippen molar-refractivity contribution in [1.82, 2.24) is 0 Å². The van der Waals surface area contributed by atoms with Crippen molar-refractivity contribution in [3.05, 3.63) is 89.5 Å². The molecule has 0 aliphatic carbocycles. The molecule has 0 amide bonds. The average Bonchev–Trinajstić information content (AvgIpc) is 2.74. The van der Waals surface area contributed by atoms with Crippen LogP contribution in [0.1, 0.15) is 16.7 Å². The zero-order chi connectivity index (χ0) is 21.1. The van der Waals surface area contributed by atoms with Gasteiger partial charge in [-0.25, -0.2) is 0 Å². The van der Waals surface area contributed by atoms with E-state index in [2.05, 4.69) is 0 Å². The first-order valence-corrected chi connectivity index (χ1v) is 10.5. The van der Waals surface area contributed by atoms with E-state index in [4.69, 9.17) is 14.2 Å². The zero-order valence-corrected chi connectivity index (χ0v) is 17.3. The maximum absolute atomic E-state index is 13.1. The van der Waals surface area contributed by atoms with Gasteiger partial charge < -0.3 is 24.0 Å². The lowest BCUT2D eigenvalue weighted by Crippen LogP contribution is -2.29. The quantitative estimate of drug-likeness (QED) is 0.446. The Hall–Kier alpha value is -2.79. The summed E-state index contributed by atoms with van der Waals surface area (Å²) >= 11 is 0. The van der Waals surface area contributed by atoms with Crippen molar-refractivity contribution in [3.8, 4) is 17.2 Å². The Morgan fingerprint density at radius 2 is 0.828 bits per heavy atom. The summed E-state index contributed by atoms with van der Waals surface area (Å²) in [5.74, 6) is 1.79. The van der Waals surface area contributed by atoms with E-state index in [9.17, 15) is 14.4 Å². The molecule has 3 aromatic carbocycles. The third kappa shape index (κ3) is 3.75. The Morgan fingerprint density at radius 1 is 0.586 bits per heavy atom.